The Morgan fingerprint density at radius 1 is 1.39 bits per heavy atom. The summed E-state index contributed by atoms with van der Waals surface area (Å²) in [5.74, 6) is -0.304. The largest absolute Gasteiger partial charge is 0.326 e. The molecule has 0 radical (unpaired) electrons. The molecule has 1 aliphatic heterocycles. The SMILES string of the molecule is CCCN(CC(=O)N1CCCC1C#N)S(=O)(=O)c1ccccc1. The third kappa shape index (κ3) is 3.89. The molecule has 23 heavy (non-hydrogen) atoms. The van der Waals surface area contributed by atoms with Crippen molar-refractivity contribution in [2.45, 2.75) is 37.1 Å². The van der Waals surface area contributed by atoms with Crippen LogP contribution in [0.5, 0.6) is 0 Å². The van der Waals surface area contributed by atoms with E-state index in [2.05, 4.69) is 6.07 Å². The van der Waals surface area contributed by atoms with Crippen LogP contribution in [0, 0.1) is 11.3 Å². The van der Waals surface area contributed by atoms with Crippen LogP contribution in [0.4, 0.5) is 0 Å². The van der Waals surface area contributed by atoms with Crippen LogP contribution in [0.1, 0.15) is 26.2 Å². The fourth-order valence-corrected chi connectivity index (χ4v) is 4.22. The normalized spacial score (nSPS) is 18.1. The van der Waals surface area contributed by atoms with E-state index in [0.29, 0.717) is 19.4 Å². The molecule has 1 heterocycles. The quantitative estimate of drug-likeness (QED) is 0.791. The van der Waals surface area contributed by atoms with Gasteiger partial charge in [-0.2, -0.15) is 9.57 Å². The van der Waals surface area contributed by atoms with E-state index in [0.717, 1.165) is 6.42 Å². The molecule has 2 rings (SSSR count). The molecule has 1 unspecified atom stereocenters. The van der Waals surface area contributed by atoms with Crippen molar-refractivity contribution in [3.63, 3.8) is 0 Å². The standard InChI is InChI=1S/C16H21N3O3S/c1-2-10-18(23(21,22)15-8-4-3-5-9-15)13-16(20)19-11-6-7-14(19)12-17/h3-5,8-9,14H,2,6-7,10-11,13H2,1H3. The highest BCUT2D eigenvalue weighted by atomic mass is 32.2. The molecule has 0 spiro atoms. The molecule has 1 aliphatic rings. The Morgan fingerprint density at radius 2 is 2.09 bits per heavy atom. The number of hydrogen-bond acceptors (Lipinski definition) is 4. The third-order valence-electron chi connectivity index (χ3n) is 3.89. The second kappa shape index (κ2) is 7.57. The summed E-state index contributed by atoms with van der Waals surface area (Å²) >= 11 is 0. The molecule has 1 amide bonds. The molecule has 6 nitrogen and oxygen atoms in total. The number of sulfonamides is 1. The lowest BCUT2D eigenvalue weighted by Gasteiger charge is -2.25. The van der Waals surface area contributed by atoms with Crippen LogP contribution < -0.4 is 0 Å². The molecule has 1 aromatic rings. The zero-order valence-electron chi connectivity index (χ0n) is 13.2. The molecule has 1 atom stereocenters. The van der Waals surface area contributed by atoms with E-state index in [4.69, 9.17) is 5.26 Å². The zero-order valence-corrected chi connectivity index (χ0v) is 14.0. The van der Waals surface area contributed by atoms with Gasteiger partial charge in [-0.25, -0.2) is 8.42 Å². The molecule has 0 N–H and O–H groups in total. The van der Waals surface area contributed by atoms with Crippen molar-refractivity contribution < 1.29 is 13.2 Å². The van der Waals surface area contributed by atoms with Crippen LogP contribution in [-0.2, 0) is 14.8 Å². The molecule has 0 saturated carbocycles. The molecular formula is C16H21N3O3S. The second-order valence-corrected chi connectivity index (χ2v) is 7.46. The number of benzene rings is 1. The third-order valence-corrected chi connectivity index (χ3v) is 5.75. The van der Waals surface area contributed by atoms with E-state index in [1.54, 1.807) is 18.2 Å². The minimum absolute atomic E-state index is 0.180. The molecule has 0 bridgehead atoms. The molecule has 7 heteroatoms. The van der Waals surface area contributed by atoms with Crippen LogP contribution >= 0.6 is 0 Å². The maximum Gasteiger partial charge on any atom is 0.243 e. The predicted octanol–water partition coefficient (Wildman–Crippen LogP) is 1.60. The van der Waals surface area contributed by atoms with Gasteiger partial charge < -0.3 is 4.90 Å². The molecule has 0 aromatic heterocycles. The first-order chi connectivity index (χ1) is 11.0. The van der Waals surface area contributed by atoms with Crippen molar-refractivity contribution in [1.29, 1.82) is 5.26 Å². The smallest absolute Gasteiger partial charge is 0.243 e. The summed E-state index contributed by atoms with van der Waals surface area (Å²) in [6, 6.07) is 9.78. The van der Waals surface area contributed by atoms with Gasteiger partial charge in [-0.3, -0.25) is 4.79 Å². The average molecular weight is 335 g/mol. The van der Waals surface area contributed by atoms with Crippen molar-refractivity contribution in [3.8, 4) is 6.07 Å². The van der Waals surface area contributed by atoms with Gasteiger partial charge in [-0.05, 0) is 31.4 Å². The highest BCUT2D eigenvalue weighted by Crippen LogP contribution is 2.19. The van der Waals surface area contributed by atoms with Crippen LogP contribution in [0.3, 0.4) is 0 Å². The van der Waals surface area contributed by atoms with Crippen molar-refractivity contribution >= 4 is 15.9 Å². The number of carbonyl (C=O) groups is 1. The Hall–Kier alpha value is -1.91. The van der Waals surface area contributed by atoms with Gasteiger partial charge in [0.1, 0.15) is 6.04 Å². The van der Waals surface area contributed by atoms with Crippen LogP contribution in [0.2, 0.25) is 0 Å². The van der Waals surface area contributed by atoms with E-state index in [-0.39, 0.29) is 23.9 Å². The van der Waals surface area contributed by atoms with Gasteiger partial charge >= 0.3 is 0 Å². The van der Waals surface area contributed by atoms with Crippen molar-refractivity contribution in [3.05, 3.63) is 30.3 Å². The number of amides is 1. The van der Waals surface area contributed by atoms with Crippen LogP contribution in [0.15, 0.2) is 35.2 Å². The Labute approximate surface area is 137 Å². The molecule has 1 saturated heterocycles. The Bertz CT molecular complexity index is 682. The maximum atomic E-state index is 12.7. The van der Waals surface area contributed by atoms with E-state index in [1.807, 2.05) is 6.92 Å². The Morgan fingerprint density at radius 3 is 2.70 bits per heavy atom. The fraction of sp³-hybridized carbons (Fsp3) is 0.500. The molecule has 0 aliphatic carbocycles. The zero-order chi connectivity index (χ0) is 16.9. The van der Waals surface area contributed by atoms with E-state index in [9.17, 15) is 13.2 Å². The topological polar surface area (TPSA) is 81.5 Å². The van der Waals surface area contributed by atoms with E-state index in [1.165, 1.54) is 21.3 Å². The highest BCUT2D eigenvalue weighted by molar-refractivity contribution is 7.89. The number of likely N-dealkylation sites (tertiary alicyclic amines) is 1. The van der Waals surface area contributed by atoms with Crippen molar-refractivity contribution in [2.24, 2.45) is 0 Å². The van der Waals surface area contributed by atoms with Crippen molar-refractivity contribution in [2.75, 3.05) is 19.6 Å². The second-order valence-electron chi connectivity index (χ2n) is 5.53. The lowest BCUT2D eigenvalue weighted by molar-refractivity contribution is -0.131. The monoisotopic (exact) mass is 335 g/mol. The first kappa shape index (κ1) is 17.4. The minimum atomic E-state index is -3.71. The first-order valence-corrected chi connectivity index (χ1v) is 9.19. The lowest BCUT2D eigenvalue weighted by atomic mass is 10.2. The summed E-state index contributed by atoms with van der Waals surface area (Å²) in [5.41, 5.74) is 0. The Balaban J connectivity index is 2.19. The van der Waals surface area contributed by atoms with E-state index < -0.39 is 16.1 Å². The lowest BCUT2D eigenvalue weighted by Crippen LogP contribution is -2.44. The fourth-order valence-electron chi connectivity index (χ4n) is 2.72. The number of nitrogens with zero attached hydrogens (tertiary/aromatic N) is 3. The summed E-state index contributed by atoms with van der Waals surface area (Å²) in [7, 11) is -3.71. The summed E-state index contributed by atoms with van der Waals surface area (Å²) in [6.45, 7) is 2.44. The van der Waals surface area contributed by atoms with Gasteiger partial charge in [0.2, 0.25) is 15.9 Å². The highest BCUT2D eigenvalue weighted by Gasteiger charge is 2.32. The summed E-state index contributed by atoms with van der Waals surface area (Å²) in [6.07, 6.45) is 2.05. The van der Waals surface area contributed by atoms with Gasteiger partial charge in [0, 0.05) is 13.1 Å². The first-order valence-electron chi connectivity index (χ1n) is 7.75. The summed E-state index contributed by atoms with van der Waals surface area (Å²) in [5, 5.41) is 9.08. The van der Waals surface area contributed by atoms with Gasteiger partial charge in [-0.1, -0.05) is 25.1 Å². The predicted molar refractivity (Wildman–Crippen MR) is 85.8 cm³/mol. The summed E-state index contributed by atoms with van der Waals surface area (Å²) < 4.78 is 26.6. The maximum absolute atomic E-state index is 12.7. The van der Waals surface area contributed by atoms with Gasteiger partial charge in [0.05, 0.1) is 17.5 Å². The van der Waals surface area contributed by atoms with E-state index >= 15 is 0 Å². The van der Waals surface area contributed by atoms with Crippen LogP contribution in [-0.4, -0.2) is 49.2 Å². The minimum Gasteiger partial charge on any atom is -0.326 e. The van der Waals surface area contributed by atoms with Gasteiger partial charge in [-0.15, -0.1) is 0 Å². The molecular weight excluding hydrogens is 314 g/mol. The Kier molecular flexibility index (Phi) is 5.74. The van der Waals surface area contributed by atoms with Gasteiger partial charge in [0.25, 0.3) is 0 Å². The molecule has 1 fully saturated rings. The number of carbonyl (C=O) groups excluding carboxylic acids is 1. The molecule has 1 aromatic carbocycles. The number of hydrogen-bond donors (Lipinski definition) is 0. The average Bonchev–Trinajstić information content (AvgIpc) is 3.04. The van der Waals surface area contributed by atoms with Crippen LogP contribution in [0.25, 0.3) is 0 Å². The van der Waals surface area contributed by atoms with Crippen molar-refractivity contribution in [1.82, 2.24) is 9.21 Å². The number of nitriles is 1. The number of rotatable bonds is 6. The molecule has 124 valence electrons. The summed E-state index contributed by atoms with van der Waals surface area (Å²) in [4.78, 5) is 14.1. The van der Waals surface area contributed by atoms with Gasteiger partial charge in [0.15, 0.2) is 0 Å².